The quantitative estimate of drug-likeness (QED) is 0.817. The van der Waals surface area contributed by atoms with Gasteiger partial charge in [-0.1, -0.05) is 6.07 Å². The van der Waals surface area contributed by atoms with Gasteiger partial charge in [0, 0.05) is 12.1 Å². The molecule has 0 aromatic heterocycles. The maximum absolute atomic E-state index is 9.08. The molecule has 0 amide bonds. The van der Waals surface area contributed by atoms with Crippen LogP contribution < -0.4 is 15.2 Å². The van der Waals surface area contributed by atoms with Gasteiger partial charge in [0.25, 0.3) is 0 Å². The summed E-state index contributed by atoms with van der Waals surface area (Å²) in [6.45, 7) is 0.267. The summed E-state index contributed by atoms with van der Waals surface area (Å²) in [6.07, 6.45) is 0. The molecule has 0 fully saturated rings. The number of benzene rings is 1. The van der Waals surface area contributed by atoms with Gasteiger partial charge in [0.2, 0.25) is 0 Å². The molecule has 5 heteroatoms. The summed E-state index contributed by atoms with van der Waals surface area (Å²) in [4.78, 5) is 0. The van der Waals surface area contributed by atoms with Crippen molar-refractivity contribution in [1.82, 2.24) is 0 Å². The lowest BCUT2D eigenvalue weighted by Gasteiger charge is -2.14. The topological polar surface area (TPSA) is 64.7 Å². The van der Waals surface area contributed by atoms with E-state index in [9.17, 15) is 0 Å². The lowest BCUT2D eigenvalue weighted by molar-refractivity contribution is 0.278. The van der Waals surface area contributed by atoms with Crippen molar-refractivity contribution in [2.75, 3.05) is 14.2 Å². The average Bonchev–Trinajstić information content (AvgIpc) is 2.26. The molecule has 0 unspecified atom stereocenters. The number of ether oxygens (including phenoxy) is 2. The first-order chi connectivity index (χ1) is 6.78. The molecule has 0 heterocycles. The van der Waals surface area contributed by atoms with Crippen molar-refractivity contribution in [3.63, 3.8) is 0 Å². The molecule has 0 radical (unpaired) electrons. The van der Waals surface area contributed by atoms with Gasteiger partial charge in [-0.25, -0.2) is 0 Å². The summed E-state index contributed by atoms with van der Waals surface area (Å²) in [7, 11) is 3.12. The van der Waals surface area contributed by atoms with Crippen LogP contribution in [0.4, 0.5) is 0 Å². The van der Waals surface area contributed by atoms with Gasteiger partial charge in [-0.2, -0.15) is 0 Å². The zero-order valence-electron chi connectivity index (χ0n) is 8.82. The van der Waals surface area contributed by atoms with Crippen LogP contribution in [-0.4, -0.2) is 19.3 Å². The maximum atomic E-state index is 9.08. The van der Waals surface area contributed by atoms with Crippen LogP contribution in [0.25, 0.3) is 0 Å². The van der Waals surface area contributed by atoms with Gasteiger partial charge in [0.05, 0.1) is 20.8 Å². The maximum Gasteiger partial charge on any atom is 0.165 e. The van der Waals surface area contributed by atoms with E-state index in [1.54, 1.807) is 26.4 Å². The molecule has 0 saturated heterocycles. The van der Waals surface area contributed by atoms with Crippen LogP contribution in [0, 0.1) is 0 Å². The first-order valence-corrected chi connectivity index (χ1v) is 4.32. The summed E-state index contributed by atoms with van der Waals surface area (Å²) in [5.74, 6) is 1.23. The Morgan fingerprint density at radius 3 is 2.33 bits per heavy atom. The van der Waals surface area contributed by atoms with Gasteiger partial charge in [0.15, 0.2) is 11.5 Å². The third kappa shape index (κ3) is 2.75. The van der Waals surface area contributed by atoms with E-state index in [1.807, 2.05) is 0 Å². The zero-order valence-corrected chi connectivity index (χ0v) is 9.63. The van der Waals surface area contributed by atoms with Crippen molar-refractivity contribution in [3.8, 4) is 11.5 Å². The average molecular weight is 234 g/mol. The molecule has 0 aliphatic rings. The van der Waals surface area contributed by atoms with E-state index >= 15 is 0 Å². The summed E-state index contributed by atoms with van der Waals surface area (Å²) < 4.78 is 10.3. The monoisotopic (exact) mass is 233 g/mol. The largest absolute Gasteiger partial charge is 0.493 e. The minimum absolute atomic E-state index is 0. The molecule has 1 aromatic rings. The first kappa shape index (κ1) is 14.0. The Hall–Kier alpha value is -0.970. The van der Waals surface area contributed by atoms with Crippen molar-refractivity contribution >= 4 is 12.4 Å². The minimum atomic E-state index is -0.0487. The van der Waals surface area contributed by atoms with Crippen LogP contribution in [0.3, 0.4) is 0 Å². The van der Waals surface area contributed by atoms with Crippen LogP contribution in [0.2, 0.25) is 0 Å². The highest BCUT2D eigenvalue weighted by atomic mass is 35.5. The number of halogens is 1. The molecular weight excluding hydrogens is 218 g/mol. The first-order valence-electron chi connectivity index (χ1n) is 4.32. The SMILES string of the molecule is COc1ccc(CO)c(CN)c1OC.Cl. The molecule has 1 rings (SSSR count). The van der Waals surface area contributed by atoms with Crippen LogP contribution in [-0.2, 0) is 13.2 Å². The molecule has 4 nitrogen and oxygen atoms in total. The Bertz CT molecular complexity index is 287. The normalized spacial score (nSPS) is 9.33. The second-order valence-corrected chi connectivity index (χ2v) is 2.80. The van der Waals surface area contributed by atoms with E-state index in [0.717, 1.165) is 11.1 Å². The zero-order chi connectivity index (χ0) is 10.6. The molecule has 15 heavy (non-hydrogen) atoms. The lowest BCUT2D eigenvalue weighted by atomic mass is 10.1. The Morgan fingerprint density at radius 1 is 1.27 bits per heavy atom. The molecule has 3 N–H and O–H groups in total. The van der Waals surface area contributed by atoms with Gasteiger partial charge < -0.3 is 20.3 Å². The molecule has 0 bridgehead atoms. The fourth-order valence-electron chi connectivity index (χ4n) is 1.40. The van der Waals surface area contributed by atoms with Gasteiger partial charge in [-0.15, -0.1) is 12.4 Å². The number of aliphatic hydroxyl groups excluding tert-OH is 1. The number of methoxy groups -OCH3 is 2. The van der Waals surface area contributed by atoms with Crippen molar-refractivity contribution in [3.05, 3.63) is 23.3 Å². The summed E-state index contributed by atoms with van der Waals surface area (Å²) in [5, 5.41) is 9.08. The van der Waals surface area contributed by atoms with Crippen molar-refractivity contribution < 1.29 is 14.6 Å². The highest BCUT2D eigenvalue weighted by Crippen LogP contribution is 2.33. The molecule has 0 atom stereocenters. The second kappa shape index (κ2) is 6.50. The molecule has 1 aromatic carbocycles. The third-order valence-corrected chi connectivity index (χ3v) is 2.12. The van der Waals surface area contributed by atoms with Crippen molar-refractivity contribution in [2.45, 2.75) is 13.2 Å². The number of aliphatic hydroxyl groups is 1. The lowest BCUT2D eigenvalue weighted by Crippen LogP contribution is -2.05. The Kier molecular flexibility index (Phi) is 6.08. The molecular formula is C10H16ClNO3. The third-order valence-electron chi connectivity index (χ3n) is 2.12. The Balaban J connectivity index is 0.00000196. The number of nitrogens with two attached hydrogens (primary N) is 1. The van der Waals surface area contributed by atoms with E-state index in [4.69, 9.17) is 20.3 Å². The summed E-state index contributed by atoms with van der Waals surface area (Å²) in [6, 6.07) is 3.53. The molecule has 0 saturated carbocycles. The Labute approximate surface area is 95.4 Å². The van der Waals surface area contributed by atoms with Gasteiger partial charge in [0.1, 0.15) is 0 Å². The molecule has 0 aliphatic heterocycles. The van der Waals surface area contributed by atoms with E-state index < -0.39 is 0 Å². The van der Waals surface area contributed by atoms with Gasteiger partial charge >= 0.3 is 0 Å². The summed E-state index contributed by atoms with van der Waals surface area (Å²) >= 11 is 0. The van der Waals surface area contributed by atoms with Gasteiger partial charge in [-0.3, -0.25) is 0 Å². The number of hydrogen-bond acceptors (Lipinski definition) is 4. The van der Waals surface area contributed by atoms with Crippen LogP contribution >= 0.6 is 12.4 Å². The van der Waals surface area contributed by atoms with Gasteiger partial charge in [-0.05, 0) is 11.6 Å². The van der Waals surface area contributed by atoms with E-state index in [1.165, 1.54) is 0 Å². The fraction of sp³-hybridized carbons (Fsp3) is 0.400. The van der Waals surface area contributed by atoms with Crippen molar-refractivity contribution in [2.24, 2.45) is 5.73 Å². The minimum Gasteiger partial charge on any atom is -0.493 e. The number of rotatable bonds is 4. The smallest absolute Gasteiger partial charge is 0.165 e. The Morgan fingerprint density at radius 2 is 1.93 bits per heavy atom. The van der Waals surface area contributed by atoms with Crippen molar-refractivity contribution in [1.29, 1.82) is 0 Å². The standard InChI is InChI=1S/C10H15NO3.ClH/c1-13-9-4-3-7(6-12)8(5-11)10(9)14-2;/h3-4,12H,5-6,11H2,1-2H3;1H. The highest BCUT2D eigenvalue weighted by molar-refractivity contribution is 5.85. The van der Waals surface area contributed by atoms with Crippen LogP contribution in [0.15, 0.2) is 12.1 Å². The molecule has 0 spiro atoms. The predicted octanol–water partition coefficient (Wildman–Crippen LogP) is 1.08. The number of hydrogen-bond donors (Lipinski definition) is 2. The van der Waals surface area contributed by atoms with E-state index in [-0.39, 0.29) is 19.0 Å². The molecule has 86 valence electrons. The second-order valence-electron chi connectivity index (χ2n) is 2.80. The van der Waals surface area contributed by atoms with E-state index in [2.05, 4.69) is 0 Å². The van der Waals surface area contributed by atoms with Crippen LogP contribution in [0.1, 0.15) is 11.1 Å². The highest BCUT2D eigenvalue weighted by Gasteiger charge is 2.12. The summed E-state index contributed by atoms with van der Waals surface area (Å²) in [5.41, 5.74) is 7.13. The van der Waals surface area contributed by atoms with Crippen LogP contribution in [0.5, 0.6) is 11.5 Å². The van der Waals surface area contributed by atoms with E-state index in [0.29, 0.717) is 18.0 Å². The predicted molar refractivity (Wildman–Crippen MR) is 60.6 cm³/mol. The molecule has 0 aliphatic carbocycles. The fourth-order valence-corrected chi connectivity index (χ4v) is 1.40.